The quantitative estimate of drug-likeness (QED) is 0.161. The minimum atomic E-state index is -0.838. The van der Waals surface area contributed by atoms with Gasteiger partial charge in [-0.05, 0) is 107 Å². The first-order chi connectivity index (χ1) is 19.8. The number of hydrogen-bond acceptors (Lipinski definition) is 4. The predicted molar refractivity (Wildman–Crippen MR) is 160 cm³/mol. The molecule has 0 spiro atoms. The van der Waals surface area contributed by atoms with Crippen LogP contribution in [0.3, 0.4) is 0 Å². The standard InChI is InChI=1S/C33H32ClF3N2O2S/c1-19-15-21(8-13-25(19)34)33(5)14-6-7-28-29(33)39(23-11-9-22(35)10-12-23)31(38-28)42-18-24-26(36)16-20(17-27(24)37)30(40)41-32(2,3)4/h8-13,15-17H,6-7,14,18H2,1-5H3. The van der Waals surface area contributed by atoms with Gasteiger partial charge in [-0.1, -0.05) is 35.5 Å². The van der Waals surface area contributed by atoms with E-state index in [4.69, 9.17) is 21.3 Å². The lowest BCUT2D eigenvalue weighted by Gasteiger charge is -2.36. The van der Waals surface area contributed by atoms with E-state index in [0.717, 1.165) is 53.9 Å². The van der Waals surface area contributed by atoms with Gasteiger partial charge in [-0.3, -0.25) is 4.57 Å². The van der Waals surface area contributed by atoms with Crippen molar-refractivity contribution < 1.29 is 22.7 Å². The number of carbonyl (C=O) groups excluding carboxylic acids is 1. The van der Waals surface area contributed by atoms with Gasteiger partial charge >= 0.3 is 5.97 Å². The van der Waals surface area contributed by atoms with E-state index in [1.165, 1.54) is 23.9 Å². The second kappa shape index (κ2) is 11.5. The summed E-state index contributed by atoms with van der Waals surface area (Å²) >= 11 is 7.54. The Bertz CT molecular complexity index is 1640. The van der Waals surface area contributed by atoms with Gasteiger partial charge in [-0.25, -0.2) is 22.9 Å². The number of ether oxygens (including phenoxy) is 1. The molecule has 0 saturated carbocycles. The molecule has 1 heterocycles. The Morgan fingerprint density at radius 1 is 1.07 bits per heavy atom. The number of rotatable bonds is 6. The van der Waals surface area contributed by atoms with Gasteiger partial charge in [0.25, 0.3) is 0 Å². The summed E-state index contributed by atoms with van der Waals surface area (Å²) in [4.78, 5) is 17.4. The number of aryl methyl sites for hydroxylation is 2. The normalized spacial score (nSPS) is 16.8. The number of benzene rings is 3. The molecule has 1 unspecified atom stereocenters. The average molecular weight is 613 g/mol. The highest BCUT2D eigenvalue weighted by atomic mass is 35.5. The van der Waals surface area contributed by atoms with Gasteiger partial charge < -0.3 is 4.74 Å². The first kappa shape index (κ1) is 30.2. The lowest BCUT2D eigenvalue weighted by atomic mass is 9.71. The van der Waals surface area contributed by atoms with Crippen LogP contribution in [0.5, 0.6) is 0 Å². The van der Waals surface area contributed by atoms with Crippen molar-refractivity contribution in [1.82, 2.24) is 9.55 Å². The van der Waals surface area contributed by atoms with Crippen LogP contribution in [0.1, 0.15) is 79.0 Å². The molecule has 1 atom stereocenters. The molecule has 1 aromatic heterocycles. The van der Waals surface area contributed by atoms with Crippen molar-refractivity contribution in [1.29, 1.82) is 0 Å². The number of halogens is 4. The molecular formula is C33H32ClF3N2O2S. The molecule has 0 aliphatic heterocycles. The zero-order valence-electron chi connectivity index (χ0n) is 24.2. The first-order valence-corrected chi connectivity index (χ1v) is 15.1. The second-order valence-electron chi connectivity index (χ2n) is 11.9. The Kier molecular flexibility index (Phi) is 8.25. The molecule has 1 aliphatic carbocycles. The molecule has 5 rings (SSSR count). The van der Waals surface area contributed by atoms with Gasteiger partial charge in [0, 0.05) is 27.4 Å². The van der Waals surface area contributed by atoms with Gasteiger partial charge in [-0.15, -0.1) is 0 Å². The summed E-state index contributed by atoms with van der Waals surface area (Å²) in [6, 6.07) is 14.1. The Morgan fingerprint density at radius 2 is 1.74 bits per heavy atom. The van der Waals surface area contributed by atoms with Crippen LogP contribution in [-0.4, -0.2) is 21.1 Å². The molecule has 4 nitrogen and oxygen atoms in total. The maximum atomic E-state index is 15.2. The summed E-state index contributed by atoms with van der Waals surface area (Å²) in [5.74, 6) is -2.91. The molecule has 0 bridgehead atoms. The first-order valence-electron chi connectivity index (χ1n) is 13.8. The molecular weight excluding hydrogens is 581 g/mol. The second-order valence-corrected chi connectivity index (χ2v) is 13.2. The largest absolute Gasteiger partial charge is 0.456 e. The number of imidazole rings is 1. The number of nitrogens with zero attached hydrogens (tertiary/aromatic N) is 2. The van der Waals surface area contributed by atoms with Gasteiger partial charge in [0.15, 0.2) is 5.16 Å². The average Bonchev–Trinajstić information content (AvgIpc) is 3.29. The Morgan fingerprint density at radius 3 is 2.36 bits per heavy atom. The molecule has 0 saturated heterocycles. The highest BCUT2D eigenvalue weighted by molar-refractivity contribution is 7.98. The van der Waals surface area contributed by atoms with Crippen molar-refractivity contribution in [2.75, 3.05) is 0 Å². The van der Waals surface area contributed by atoms with Gasteiger partial charge in [-0.2, -0.15) is 0 Å². The lowest BCUT2D eigenvalue weighted by Crippen LogP contribution is -2.31. The predicted octanol–water partition coefficient (Wildman–Crippen LogP) is 9.14. The third-order valence-electron chi connectivity index (χ3n) is 7.53. The number of carbonyl (C=O) groups is 1. The highest BCUT2D eigenvalue weighted by Crippen LogP contribution is 2.46. The van der Waals surface area contributed by atoms with Crippen molar-refractivity contribution in [3.8, 4) is 5.69 Å². The van der Waals surface area contributed by atoms with Gasteiger partial charge in [0.05, 0.1) is 17.0 Å². The van der Waals surface area contributed by atoms with Crippen molar-refractivity contribution in [2.24, 2.45) is 0 Å². The van der Waals surface area contributed by atoms with E-state index in [9.17, 15) is 9.18 Å². The molecule has 220 valence electrons. The minimum Gasteiger partial charge on any atom is -0.456 e. The minimum absolute atomic E-state index is 0.0693. The van der Waals surface area contributed by atoms with Crippen LogP contribution in [-0.2, 0) is 22.3 Å². The summed E-state index contributed by atoms with van der Waals surface area (Å²) in [6.45, 7) is 9.19. The smallest absolute Gasteiger partial charge is 0.338 e. The number of fused-ring (bicyclic) bond motifs is 1. The van der Waals surface area contributed by atoms with Crippen LogP contribution >= 0.6 is 23.4 Å². The molecule has 4 aromatic rings. The van der Waals surface area contributed by atoms with Crippen molar-refractivity contribution in [3.05, 3.63) is 111 Å². The van der Waals surface area contributed by atoms with Crippen LogP contribution in [0.2, 0.25) is 5.02 Å². The number of esters is 1. The topological polar surface area (TPSA) is 44.1 Å². The molecule has 0 amide bonds. The van der Waals surface area contributed by atoms with Gasteiger partial charge in [0.1, 0.15) is 23.1 Å². The third kappa shape index (κ3) is 5.97. The summed E-state index contributed by atoms with van der Waals surface area (Å²) in [5.41, 5.74) is 3.01. The maximum Gasteiger partial charge on any atom is 0.338 e. The lowest BCUT2D eigenvalue weighted by molar-refractivity contribution is 0.00683. The van der Waals surface area contributed by atoms with Crippen LogP contribution < -0.4 is 0 Å². The number of aromatic nitrogens is 2. The molecule has 1 aliphatic rings. The molecule has 9 heteroatoms. The third-order valence-corrected chi connectivity index (χ3v) is 8.92. The molecule has 0 radical (unpaired) electrons. The van der Waals surface area contributed by atoms with E-state index in [2.05, 4.69) is 13.0 Å². The molecule has 0 N–H and O–H groups in total. The zero-order valence-corrected chi connectivity index (χ0v) is 25.7. The zero-order chi connectivity index (χ0) is 30.4. The fourth-order valence-electron chi connectivity index (χ4n) is 5.44. The van der Waals surface area contributed by atoms with E-state index < -0.39 is 28.6 Å². The highest BCUT2D eigenvalue weighted by Gasteiger charge is 2.39. The van der Waals surface area contributed by atoms with E-state index in [-0.39, 0.29) is 22.7 Å². The molecule has 3 aromatic carbocycles. The Labute approximate surface area is 253 Å². The number of hydrogen-bond donors (Lipinski definition) is 0. The van der Waals surface area contributed by atoms with Crippen LogP contribution in [0, 0.1) is 24.4 Å². The van der Waals surface area contributed by atoms with Crippen LogP contribution in [0.15, 0.2) is 59.8 Å². The van der Waals surface area contributed by atoms with Crippen LogP contribution in [0.25, 0.3) is 5.69 Å². The van der Waals surface area contributed by atoms with Crippen molar-refractivity contribution in [2.45, 2.75) is 75.8 Å². The summed E-state index contributed by atoms with van der Waals surface area (Å²) in [5, 5.41) is 1.23. The Balaban J connectivity index is 1.56. The molecule has 0 fully saturated rings. The summed E-state index contributed by atoms with van der Waals surface area (Å²) in [7, 11) is 0. The SMILES string of the molecule is Cc1cc(C2(C)CCCc3nc(SCc4c(F)cc(C(=O)OC(C)(C)C)cc4F)n(-c4ccc(F)cc4)c32)ccc1Cl. The Hall–Kier alpha value is -3.23. The van der Waals surface area contributed by atoms with E-state index in [0.29, 0.717) is 15.9 Å². The van der Waals surface area contributed by atoms with Gasteiger partial charge in [0.2, 0.25) is 0 Å². The number of thioether (sulfide) groups is 1. The maximum absolute atomic E-state index is 15.2. The van der Waals surface area contributed by atoms with Crippen molar-refractivity contribution in [3.63, 3.8) is 0 Å². The fourth-order valence-corrected chi connectivity index (χ4v) is 6.61. The van der Waals surface area contributed by atoms with E-state index in [1.54, 1.807) is 32.9 Å². The summed E-state index contributed by atoms with van der Waals surface area (Å²) in [6.07, 6.45) is 2.51. The van der Waals surface area contributed by atoms with E-state index >= 15 is 8.78 Å². The van der Waals surface area contributed by atoms with Crippen LogP contribution in [0.4, 0.5) is 13.2 Å². The van der Waals surface area contributed by atoms with Crippen molar-refractivity contribution >= 4 is 29.3 Å². The summed E-state index contributed by atoms with van der Waals surface area (Å²) < 4.78 is 51.5. The monoisotopic (exact) mass is 612 g/mol. The molecule has 42 heavy (non-hydrogen) atoms. The fraction of sp³-hybridized carbons (Fsp3) is 0.333. The van der Waals surface area contributed by atoms with E-state index in [1.807, 2.05) is 23.6 Å².